The average molecular weight is 185 g/mol. The van der Waals surface area contributed by atoms with Crippen LogP contribution < -0.4 is 0 Å². The minimum absolute atomic E-state index is 0.167. The zero-order chi connectivity index (χ0) is 9.84. The largest absolute Gasteiger partial charge is 0.481 e. The molecule has 0 radical (unpaired) electrons. The van der Waals surface area contributed by atoms with E-state index in [0.29, 0.717) is 6.42 Å². The summed E-state index contributed by atoms with van der Waals surface area (Å²) in [6, 6.07) is 0. The van der Waals surface area contributed by atoms with Crippen LogP contribution in [0, 0.1) is 11.8 Å². The SMILES string of the molecule is CO/N=C1/CCC(C(=O)O)C(C)C1. The van der Waals surface area contributed by atoms with E-state index < -0.39 is 5.97 Å². The van der Waals surface area contributed by atoms with Crippen LogP contribution in [0.2, 0.25) is 0 Å². The van der Waals surface area contributed by atoms with Crippen LogP contribution in [-0.4, -0.2) is 23.9 Å². The van der Waals surface area contributed by atoms with E-state index in [-0.39, 0.29) is 11.8 Å². The highest BCUT2D eigenvalue weighted by Crippen LogP contribution is 2.28. The van der Waals surface area contributed by atoms with Gasteiger partial charge in [0, 0.05) is 0 Å². The van der Waals surface area contributed by atoms with Gasteiger partial charge in [-0.15, -0.1) is 0 Å². The molecular formula is C9H15NO3. The van der Waals surface area contributed by atoms with Crippen LogP contribution in [0.1, 0.15) is 26.2 Å². The molecule has 4 nitrogen and oxygen atoms in total. The minimum Gasteiger partial charge on any atom is -0.481 e. The van der Waals surface area contributed by atoms with Gasteiger partial charge in [-0.2, -0.15) is 0 Å². The summed E-state index contributed by atoms with van der Waals surface area (Å²) in [6.45, 7) is 1.95. The van der Waals surface area contributed by atoms with Crippen molar-refractivity contribution in [3.05, 3.63) is 0 Å². The molecule has 0 aliphatic heterocycles. The Morgan fingerprint density at radius 1 is 1.69 bits per heavy atom. The van der Waals surface area contributed by atoms with Crippen molar-refractivity contribution in [2.45, 2.75) is 26.2 Å². The van der Waals surface area contributed by atoms with Crippen molar-refractivity contribution in [3.8, 4) is 0 Å². The Morgan fingerprint density at radius 2 is 2.38 bits per heavy atom. The lowest BCUT2D eigenvalue weighted by Crippen LogP contribution is -2.29. The normalized spacial score (nSPS) is 31.7. The highest BCUT2D eigenvalue weighted by molar-refractivity contribution is 5.86. The molecule has 0 aromatic rings. The molecule has 1 fully saturated rings. The van der Waals surface area contributed by atoms with Gasteiger partial charge in [-0.05, 0) is 25.2 Å². The lowest BCUT2D eigenvalue weighted by Gasteiger charge is -2.25. The number of nitrogens with zero attached hydrogens (tertiary/aromatic N) is 1. The summed E-state index contributed by atoms with van der Waals surface area (Å²) in [7, 11) is 1.51. The lowest BCUT2D eigenvalue weighted by molar-refractivity contribution is -0.143. The number of carboxylic acids is 1. The summed E-state index contributed by atoms with van der Waals surface area (Å²) >= 11 is 0. The molecule has 0 amide bonds. The zero-order valence-electron chi connectivity index (χ0n) is 7.99. The van der Waals surface area contributed by atoms with Crippen molar-refractivity contribution in [3.63, 3.8) is 0 Å². The molecule has 0 aromatic heterocycles. The number of aliphatic carboxylic acids is 1. The number of hydrogen-bond acceptors (Lipinski definition) is 3. The maximum Gasteiger partial charge on any atom is 0.306 e. The van der Waals surface area contributed by atoms with E-state index in [1.807, 2.05) is 6.92 Å². The van der Waals surface area contributed by atoms with Crippen molar-refractivity contribution in [1.82, 2.24) is 0 Å². The predicted octanol–water partition coefficient (Wildman–Crippen LogP) is 1.51. The number of carbonyl (C=O) groups is 1. The number of rotatable bonds is 2. The van der Waals surface area contributed by atoms with Gasteiger partial charge in [0.1, 0.15) is 7.11 Å². The Bertz CT molecular complexity index is 225. The summed E-state index contributed by atoms with van der Waals surface area (Å²) in [4.78, 5) is 15.4. The molecule has 1 aliphatic rings. The Morgan fingerprint density at radius 3 is 2.85 bits per heavy atom. The number of oxime groups is 1. The van der Waals surface area contributed by atoms with Gasteiger partial charge >= 0.3 is 5.97 Å². The van der Waals surface area contributed by atoms with Crippen molar-refractivity contribution >= 4 is 11.7 Å². The maximum atomic E-state index is 10.8. The fourth-order valence-corrected chi connectivity index (χ4v) is 1.80. The van der Waals surface area contributed by atoms with Gasteiger partial charge < -0.3 is 9.94 Å². The van der Waals surface area contributed by atoms with Crippen molar-refractivity contribution in [2.75, 3.05) is 7.11 Å². The molecule has 0 heterocycles. The molecule has 1 aliphatic carbocycles. The van der Waals surface area contributed by atoms with Gasteiger partial charge in [0.25, 0.3) is 0 Å². The van der Waals surface area contributed by atoms with E-state index in [4.69, 9.17) is 5.11 Å². The first-order valence-corrected chi connectivity index (χ1v) is 4.47. The Balaban J connectivity index is 2.56. The summed E-state index contributed by atoms with van der Waals surface area (Å²) in [5, 5.41) is 12.7. The topological polar surface area (TPSA) is 58.9 Å². The first-order chi connectivity index (χ1) is 6.15. The summed E-state index contributed by atoms with van der Waals surface area (Å²) < 4.78 is 0. The molecule has 0 saturated heterocycles. The van der Waals surface area contributed by atoms with Crippen LogP contribution in [0.5, 0.6) is 0 Å². The molecule has 1 rings (SSSR count). The summed E-state index contributed by atoms with van der Waals surface area (Å²) in [5.41, 5.74) is 0.979. The van der Waals surface area contributed by atoms with Crippen LogP contribution >= 0.6 is 0 Å². The molecular weight excluding hydrogens is 170 g/mol. The Kier molecular flexibility index (Phi) is 3.28. The molecule has 0 aromatic carbocycles. The maximum absolute atomic E-state index is 10.8. The van der Waals surface area contributed by atoms with Crippen molar-refractivity contribution < 1.29 is 14.7 Å². The van der Waals surface area contributed by atoms with E-state index in [0.717, 1.165) is 18.6 Å². The van der Waals surface area contributed by atoms with Crippen LogP contribution in [0.4, 0.5) is 0 Å². The van der Waals surface area contributed by atoms with Crippen LogP contribution in [0.15, 0.2) is 5.16 Å². The monoisotopic (exact) mass is 185 g/mol. The fraction of sp³-hybridized carbons (Fsp3) is 0.778. The Hall–Kier alpha value is -1.06. The quantitative estimate of drug-likeness (QED) is 0.663. The van der Waals surface area contributed by atoms with E-state index in [1.165, 1.54) is 7.11 Å². The average Bonchev–Trinajstić information content (AvgIpc) is 2.04. The highest BCUT2D eigenvalue weighted by atomic mass is 16.6. The first-order valence-electron chi connectivity index (χ1n) is 4.47. The molecule has 4 heteroatoms. The third-order valence-electron chi connectivity index (χ3n) is 2.53. The first kappa shape index (κ1) is 10.0. The van der Waals surface area contributed by atoms with E-state index in [1.54, 1.807) is 0 Å². The molecule has 2 atom stereocenters. The van der Waals surface area contributed by atoms with Gasteiger partial charge in [0.15, 0.2) is 0 Å². The van der Waals surface area contributed by atoms with Crippen molar-refractivity contribution in [2.24, 2.45) is 17.0 Å². The van der Waals surface area contributed by atoms with Gasteiger partial charge in [-0.25, -0.2) is 0 Å². The van der Waals surface area contributed by atoms with Crippen LogP contribution in [0.25, 0.3) is 0 Å². The summed E-state index contributed by atoms with van der Waals surface area (Å²) in [6.07, 6.45) is 2.17. The van der Waals surface area contributed by atoms with E-state index in [2.05, 4.69) is 9.99 Å². The molecule has 13 heavy (non-hydrogen) atoms. The Labute approximate surface area is 77.6 Å². The van der Waals surface area contributed by atoms with Gasteiger partial charge in [0.2, 0.25) is 0 Å². The van der Waals surface area contributed by atoms with E-state index >= 15 is 0 Å². The second kappa shape index (κ2) is 4.25. The highest BCUT2D eigenvalue weighted by Gasteiger charge is 2.30. The molecule has 1 saturated carbocycles. The van der Waals surface area contributed by atoms with E-state index in [9.17, 15) is 4.79 Å². The molecule has 74 valence electrons. The fourth-order valence-electron chi connectivity index (χ4n) is 1.80. The molecule has 2 unspecified atom stereocenters. The van der Waals surface area contributed by atoms with Crippen LogP contribution in [0.3, 0.4) is 0 Å². The van der Waals surface area contributed by atoms with Gasteiger partial charge in [-0.3, -0.25) is 4.79 Å². The third kappa shape index (κ3) is 2.44. The number of hydrogen-bond donors (Lipinski definition) is 1. The van der Waals surface area contributed by atoms with Crippen LogP contribution in [-0.2, 0) is 9.63 Å². The minimum atomic E-state index is -0.691. The predicted molar refractivity (Wildman–Crippen MR) is 48.6 cm³/mol. The third-order valence-corrected chi connectivity index (χ3v) is 2.53. The smallest absolute Gasteiger partial charge is 0.306 e. The number of carboxylic acid groups (broad SMARTS) is 1. The molecule has 1 N–H and O–H groups in total. The second-order valence-corrected chi connectivity index (χ2v) is 3.50. The van der Waals surface area contributed by atoms with Crippen molar-refractivity contribution in [1.29, 1.82) is 0 Å². The molecule has 0 bridgehead atoms. The standard InChI is InChI=1S/C9H15NO3/c1-6-5-7(10-13-2)3-4-8(6)9(11)12/h6,8H,3-5H2,1-2H3,(H,11,12)/b10-7-. The lowest BCUT2D eigenvalue weighted by atomic mass is 9.79. The van der Waals surface area contributed by atoms with Gasteiger partial charge in [0.05, 0.1) is 11.6 Å². The van der Waals surface area contributed by atoms with Gasteiger partial charge in [-0.1, -0.05) is 12.1 Å². The molecule has 0 spiro atoms. The zero-order valence-corrected chi connectivity index (χ0v) is 7.99. The summed E-state index contributed by atoms with van der Waals surface area (Å²) in [5.74, 6) is -0.736. The second-order valence-electron chi connectivity index (χ2n) is 3.50.